The van der Waals surface area contributed by atoms with Gasteiger partial charge in [-0.25, -0.2) is 9.97 Å². The number of phenolic OH excluding ortho intramolecular Hbond substituents is 1. The number of aromatic hydroxyl groups is 1. The number of ether oxygens (including phenoxy) is 1. The van der Waals surface area contributed by atoms with Gasteiger partial charge in [-0.2, -0.15) is 0 Å². The van der Waals surface area contributed by atoms with Crippen LogP contribution >= 0.6 is 0 Å². The fourth-order valence-electron chi connectivity index (χ4n) is 2.22. The number of fused-ring (bicyclic) bond motifs is 1. The zero-order valence-electron chi connectivity index (χ0n) is 11.2. The van der Waals surface area contributed by atoms with Crippen molar-refractivity contribution in [2.45, 2.75) is 6.42 Å². The van der Waals surface area contributed by atoms with E-state index >= 15 is 0 Å². The van der Waals surface area contributed by atoms with Crippen LogP contribution in [0.15, 0.2) is 42.6 Å². The number of hydrogen-bond donors (Lipinski definition) is 1. The second kappa shape index (κ2) is 5.30. The van der Waals surface area contributed by atoms with Crippen LogP contribution in [0.2, 0.25) is 0 Å². The molecule has 0 fully saturated rings. The highest BCUT2D eigenvalue weighted by atomic mass is 16.5. The first-order valence-electron chi connectivity index (χ1n) is 6.40. The Balaban J connectivity index is 2.20. The topological polar surface area (TPSA) is 60.2 Å². The largest absolute Gasteiger partial charge is 0.508 e. The van der Waals surface area contributed by atoms with Crippen LogP contribution in [0.25, 0.3) is 16.9 Å². The first-order chi connectivity index (χ1) is 9.79. The third kappa shape index (κ3) is 2.23. The fraction of sp³-hybridized carbons (Fsp3) is 0.200. The van der Waals surface area contributed by atoms with Gasteiger partial charge in [0.15, 0.2) is 5.65 Å². The van der Waals surface area contributed by atoms with E-state index in [2.05, 4.69) is 9.97 Å². The Morgan fingerprint density at radius 2 is 2.15 bits per heavy atom. The van der Waals surface area contributed by atoms with E-state index in [-0.39, 0.29) is 5.75 Å². The fourth-order valence-corrected chi connectivity index (χ4v) is 2.22. The van der Waals surface area contributed by atoms with Crippen LogP contribution in [0, 0.1) is 0 Å². The minimum Gasteiger partial charge on any atom is -0.508 e. The molecule has 3 rings (SSSR count). The first kappa shape index (κ1) is 12.6. The molecule has 0 amide bonds. The molecule has 0 spiro atoms. The van der Waals surface area contributed by atoms with Crippen molar-refractivity contribution in [1.29, 1.82) is 0 Å². The van der Waals surface area contributed by atoms with Crippen LogP contribution in [0.5, 0.6) is 5.75 Å². The molecular weight excluding hydrogens is 254 g/mol. The van der Waals surface area contributed by atoms with E-state index in [9.17, 15) is 5.11 Å². The molecule has 102 valence electrons. The van der Waals surface area contributed by atoms with E-state index in [4.69, 9.17) is 4.74 Å². The monoisotopic (exact) mass is 269 g/mol. The summed E-state index contributed by atoms with van der Waals surface area (Å²) in [6, 6.07) is 10.9. The van der Waals surface area contributed by atoms with Gasteiger partial charge >= 0.3 is 0 Å². The number of aromatic nitrogens is 3. The smallest absolute Gasteiger partial charge is 0.164 e. The average Bonchev–Trinajstić information content (AvgIpc) is 2.83. The number of benzene rings is 1. The quantitative estimate of drug-likeness (QED) is 0.789. The number of hydrogen-bond acceptors (Lipinski definition) is 4. The second-order valence-corrected chi connectivity index (χ2v) is 4.47. The van der Waals surface area contributed by atoms with Crippen molar-refractivity contribution in [3.8, 4) is 11.4 Å². The van der Waals surface area contributed by atoms with Crippen LogP contribution in [0.1, 0.15) is 5.82 Å². The summed E-state index contributed by atoms with van der Waals surface area (Å²) in [6.07, 6.45) is 2.42. The lowest BCUT2D eigenvalue weighted by Gasteiger charge is -2.08. The third-order valence-corrected chi connectivity index (χ3v) is 3.10. The molecule has 1 aromatic carbocycles. The molecule has 5 nitrogen and oxygen atoms in total. The summed E-state index contributed by atoms with van der Waals surface area (Å²) in [5.74, 6) is 1.09. The Bertz CT molecular complexity index is 737. The summed E-state index contributed by atoms with van der Waals surface area (Å²) >= 11 is 0. The third-order valence-electron chi connectivity index (χ3n) is 3.10. The number of nitrogens with zero attached hydrogens (tertiary/aromatic N) is 3. The number of imidazole rings is 1. The van der Waals surface area contributed by atoms with Crippen LogP contribution in [0.3, 0.4) is 0 Å². The van der Waals surface area contributed by atoms with Crippen molar-refractivity contribution in [2.24, 2.45) is 0 Å². The van der Waals surface area contributed by atoms with Gasteiger partial charge in [0.25, 0.3) is 0 Å². The Morgan fingerprint density at radius 1 is 1.25 bits per heavy atom. The average molecular weight is 269 g/mol. The lowest BCUT2D eigenvalue weighted by Crippen LogP contribution is -2.05. The van der Waals surface area contributed by atoms with Gasteiger partial charge in [-0.1, -0.05) is 6.07 Å². The lowest BCUT2D eigenvalue weighted by molar-refractivity contribution is 0.200. The number of rotatable bonds is 4. The Morgan fingerprint density at radius 3 is 2.95 bits per heavy atom. The normalized spacial score (nSPS) is 11.1. The van der Waals surface area contributed by atoms with Gasteiger partial charge in [-0.15, -0.1) is 0 Å². The number of methoxy groups -OCH3 is 1. The maximum Gasteiger partial charge on any atom is 0.164 e. The highest BCUT2D eigenvalue weighted by Gasteiger charge is 2.13. The number of pyridine rings is 1. The predicted octanol–water partition coefficient (Wildman–Crippen LogP) is 2.32. The van der Waals surface area contributed by atoms with Gasteiger partial charge in [0.2, 0.25) is 0 Å². The van der Waals surface area contributed by atoms with Crippen molar-refractivity contribution >= 4 is 11.2 Å². The van der Waals surface area contributed by atoms with E-state index < -0.39 is 0 Å². The van der Waals surface area contributed by atoms with Gasteiger partial charge in [-0.05, 0) is 24.3 Å². The van der Waals surface area contributed by atoms with Gasteiger partial charge < -0.3 is 9.84 Å². The molecule has 2 aromatic heterocycles. The Kier molecular flexibility index (Phi) is 3.35. The minimum absolute atomic E-state index is 0.220. The van der Waals surface area contributed by atoms with Crippen molar-refractivity contribution in [1.82, 2.24) is 14.5 Å². The van der Waals surface area contributed by atoms with E-state index in [0.717, 1.165) is 22.7 Å². The summed E-state index contributed by atoms with van der Waals surface area (Å²) in [7, 11) is 1.67. The molecule has 3 aromatic rings. The highest BCUT2D eigenvalue weighted by Crippen LogP contribution is 2.22. The van der Waals surface area contributed by atoms with Crippen molar-refractivity contribution in [3.63, 3.8) is 0 Å². The molecule has 20 heavy (non-hydrogen) atoms. The minimum atomic E-state index is 0.220. The zero-order valence-corrected chi connectivity index (χ0v) is 11.2. The van der Waals surface area contributed by atoms with Crippen LogP contribution in [-0.2, 0) is 11.2 Å². The van der Waals surface area contributed by atoms with E-state index in [0.29, 0.717) is 13.0 Å². The summed E-state index contributed by atoms with van der Waals surface area (Å²) < 4.78 is 7.09. The molecule has 0 saturated carbocycles. The lowest BCUT2D eigenvalue weighted by atomic mass is 10.3. The van der Waals surface area contributed by atoms with Gasteiger partial charge in [-0.3, -0.25) is 4.57 Å². The van der Waals surface area contributed by atoms with Gasteiger partial charge in [0.05, 0.1) is 12.3 Å². The first-order valence-corrected chi connectivity index (χ1v) is 6.40. The number of phenols is 1. The van der Waals surface area contributed by atoms with Gasteiger partial charge in [0.1, 0.15) is 17.1 Å². The summed E-state index contributed by atoms with van der Waals surface area (Å²) in [4.78, 5) is 8.99. The van der Waals surface area contributed by atoms with Gasteiger partial charge in [0, 0.05) is 25.8 Å². The summed E-state index contributed by atoms with van der Waals surface area (Å²) in [5.41, 5.74) is 2.46. The summed E-state index contributed by atoms with van der Waals surface area (Å²) in [6.45, 7) is 0.585. The molecule has 0 saturated heterocycles. The molecule has 0 radical (unpaired) electrons. The predicted molar refractivity (Wildman–Crippen MR) is 76.1 cm³/mol. The molecule has 0 bridgehead atoms. The SMILES string of the molecule is COCCc1nc2cccnc2n1-c1cccc(O)c1. The molecule has 5 heteroatoms. The van der Waals surface area contributed by atoms with Crippen LogP contribution in [0.4, 0.5) is 0 Å². The molecule has 2 heterocycles. The maximum atomic E-state index is 9.67. The molecule has 0 aliphatic rings. The molecule has 0 aliphatic heterocycles. The molecular formula is C15H15N3O2. The Labute approximate surface area is 116 Å². The van der Waals surface area contributed by atoms with Crippen LogP contribution < -0.4 is 0 Å². The maximum absolute atomic E-state index is 9.67. The molecule has 0 aliphatic carbocycles. The highest BCUT2D eigenvalue weighted by molar-refractivity contribution is 5.74. The standard InChI is InChI=1S/C15H15N3O2/c1-20-9-7-14-17-13-6-3-8-16-15(13)18(14)11-4-2-5-12(19)10-11/h2-6,8,10,19H,7,9H2,1H3. The van der Waals surface area contributed by atoms with Crippen LogP contribution in [-0.4, -0.2) is 33.4 Å². The van der Waals surface area contributed by atoms with Crippen molar-refractivity contribution in [3.05, 3.63) is 48.4 Å². The van der Waals surface area contributed by atoms with E-state index in [1.165, 1.54) is 0 Å². The van der Waals surface area contributed by atoms with E-state index in [1.807, 2.05) is 22.8 Å². The van der Waals surface area contributed by atoms with E-state index in [1.54, 1.807) is 31.5 Å². The second-order valence-electron chi connectivity index (χ2n) is 4.47. The molecule has 1 N–H and O–H groups in total. The van der Waals surface area contributed by atoms with Crippen molar-refractivity contribution < 1.29 is 9.84 Å². The molecule has 0 unspecified atom stereocenters. The summed E-state index contributed by atoms with van der Waals surface area (Å²) in [5, 5.41) is 9.67. The Hall–Kier alpha value is -2.40. The molecule has 0 atom stereocenters. The van der Waals surface area contributed by atoms with Crippen molar-refractivity contribution in [2.75, 3.05) is 13.7 Å². The zero-order chi connectivity index (χ0) is 13.9.